The zero-order valence-electron chi connectivity index (χ0n) is 18.6. The number of ether oxygens (including phenoxy) is 2. The molecule has 0 spiro atoms. The molecule has 0 bridgehead atoms. The van der Waals surface area contributed by atoms with Gasteiger partial charge in [0.2, 0.25) is 5.91 Å². The molecule has 1 atom stereocenters. The van der Waals surface area contributed by atoms with Gasteiger partial charge in [0.15, 0.2) is 17.1 Å². The second kappa shape index (κ2) is 8.74. The fraction of sp³-hybridized carbons (Fsp3) is 0.292. The van der Waals surface area contributed by atoms with E-state index in [9.17, 15) is 9.59 Å². The number of amides is 1. The van der Waals surface area contributed by atoms with E-state index in [0.717, 1.165) is 22.2 Å². The molecular formula is C24H26N4O4. The van der Waals surface area contributed by atoms with Crippen molar-refractivity contribution in [1.29, 1.82) is 0 Å². The normalized spacial score (nSPS) is 12.1. The predicted molar refractivity (Wildman–Crippen MR) is 123 cm³/mol. The largest absolute Gasteiger partial charge is 0.493 e. The van der Waals surface area contributed by atoms with Crippen LogP contribution in [0.15, 0.2) is 53.3 Å². The summed E-state index contributed by atoms with van der Waals surface area (Å²) >= 11 is 0. The van der Waals surface area contributed by atoms with Crippen LogP contribution in [0, 0.1) is 6.92 Å². The number of methoxy groups -OCH3 is 2. The van der Waals surface area contributed by atoms with Crippen molar-refractivity contribution >= 4 is 22.5 Å². The second-order valence-corrected chi connectivity index (χ2v) is 7.64. The Morgan fingerprint density at radius 3 is 2.59 bits per heavy atom. The number of carbonyl (C=O) groups excluding carboxylic acids is 1. The van der Waals surface area contributed by atoms with Gasteiger partial charge in [0.25, 0.3) is 5.56 Å². The highest BCUT2D eigenvalue weighted by molar-refractivity contribution is 5.94. The van der Waals surface area contributed by atoms with E-state index in [-0.39, 0.29) is 11.5 Å². The van der Waals surface area contributed by atoms with Gasteiger partial charge in [-0.3, -0.25) is 14.3 Å². The Morgan fingerprint density at radius 1 is 1.09 bits per heavy atom. The molecule has 0 fully saturated rings. The Balaban J connectivity index is 1.57. The average Bonchev–Trinajstić information content (AvgIpc) is 3.13. The van der Waals surface area contributed by atoms with E-state index in [1.807, 2.05) is 65.5 Å². The summed E-state index contributed by atoms with van der Waals surface area (Å²) in [5.74, 6) is 1.21. The number of hydrogen-bond acceptors (Lipinski definition) is 5. The van der Waals surface area contributed by atoms with Crippen LogP contribution in [0.5, 0.6) is 11.5 Å². The maximum Gasteiger partial charge on any atom is 0.273 e. The smallest absolute Gasteiger partial charge is 0.273 e. The minimum Gasteiger partial charge on any atom is -0.493 e. The van der Waals surface area contributed by atoms with Crippen molar-refractivity contribution in [2.45, 2.75) is 26.3 Å². The van der Waals surface area contributed by atoms with Gasteiger partial charge in [0.05, 0.1) is 19.7 Å². The molecule has 8 heteroatoms. The van der Waals surface area contributed by atoms with E-state index in [4.69, 9.17) is 9.47 Å². The van der Waals surface area contributed by atoms with Crippen LogP contribution in [0.1, 0.15) is 24.2 Å². The van der Waals surface area contributed by atoms with Crippen molar-refractivity contribution in [2.75, 3.05) is 20.8 Å². The third-order valence-electron chi connectivity index (χ3n) is 5.60. The molecule has 8 nitrogen and oxygen atoms in total. The molecule has 0 aliphatic heterocycles. The number of nitrogens with zero attached hydrogens (tertiary/aromatic N) is 3. The molecule has 0 saturated heterocycles. The van der Waals surface area contributed by atoms with Crippen molar-refractivity contribution in [3.8, 4) is 11.5 Å². The lowest BCUT2D eigenvalue weighted by molar-refractivity contribution is -0.124. The predicted octanol–water partition coefficient (Wildman–Crippen LogP) is 2.89. The summed E-state index contributed by atoms with van der Waals surface area (Å²) in [5.41, 5.74) is 2.86. The van der Waals surface area contributed by atoms with Gasteiger partial charge < -0.3 is 14.8 Å². The Hall–Kier alpha value is -3.81. The lowest BCUT2D eigenvalue weighted by Crippen LogP contribution is -2.34. The molecule has 166 valence electrons. The topological polar surface area (TPSA) is 86.9 Å². The second-order valence-electron chi connectivity index (χ2n) is 7.64. The van der Waals surface area contributed by atoms with E-state index in [2.05, 4.69) is 10.3 Å². The maximum atomic E-state index is 13.0. The maximum absolute atomic E-state index is 13.0. The van der Waals surface area contributed by atoms with Crippen molar-refractivity contribution < 1.29 is 14.3 Å². The highest BCUT2D eigenvalue weighted by atomic mass is 16.5. The van der Waals surface area contributed by atoms with Crippen LogP contribution in [0.4, 0.5) is 0 Å². The average molecular weight is 434 g/mol. The highest BCUT2D eigenvalue weighted by Crippen LogP contribution is 2.28. The van der Waals surface area contributed by atoms with Crippen molar-refractivity contribution in [2.24, 2.45) is 0 Å². The first kappa shape index (κ1) is 21.4. The first-order valence-corrected chi connectivity index (χ1v) is 10.4. The van der Waals surface area contributed by atoms with Gasteiger partial charge in [-0.1, -0.05) is 18.2 Å². The molecule has 4 rings (SSSR count). The van der Waals surface area contributed by atoms with Gasteiger partial charge in [-0.25, -0.2) is 4.52 Å². The number of aryl methyl sites for hydroxylation is 1. The minimum atomic E-state index is -0.509. The van der Waals surface area contributed by atoms with Gasteiger partial charge in [-0.05, 0) is 50.1 Å². The van der Waals surface area contributed by atoms with Gasteiger partial charge >= 0.3 is 0 Å². The number of fused-ring (bicyclic) bond motifs is 3. The van der Waals surface area contributed by atoms with Crippen LogP contribution in [-0.4, -0.2) is 40.9 Å². The molecule has 0 aliphatic carbocycles. The van der Waals surface area contributed by atoms with Crippen LogP contribution in [0.25, 0.3) is 16.6 Å². The number of aromatic nitrogens is 3. The van der Waals surface area contributed by atoms with E-state index >= 15 is 0 Å². The zero-order valence-corrected chi connectivity index (χ0v) is 18.6. The Labute approximate surface area is 185 Å². The molecular weight excluding hydrogens is 408 g/mol. The molecule has 2 aromatic carbocycles. The standard InChI is InChI=1S/C24H26N4O4/c1-15-13-22(29)26-23-18-7-5-6-8-19(18)28(27(15)23)16(2)24(30)25-12-11-17-9-10-20(31-3)21(14-17)32-4/h5-10,13-14,16H,11-12H2,1-4H3,(H,25,30)/t16-/m0/s1. The number of rotatable bonds is 7. The van der Waals surface area contributed by atoms with E-state index in [1.165, 1.54) is 6.07 Å². The molecule has 4 aromatic rings. The van der Waals surface area contributed by atoms with Gasteiger partial charge in [0, 0.05) is 23.7 Å². The monoisotopic (exact) mass is 434 g/mol. The van der Waals surface area contributed by atoms with Crippen LogP contribution in [0.3, 0.4) is 0 Å². The van der Waals surface area contributed by atoms with Gasteiger partial charge in [0.1, 0.15) is 6.04 Å². The summed E-state index contributed by atoms with van der Waals surface area (Å²) in [5, 5.41) is 3.85. The van der Waals surface area contributed by atoms with E-state index in [1.54, 1.807) is 14.2 Å². The molecule has 0 saturated carbocycles. The van der Waals surface area contributed by atoms with E-state index < -0.39 is 6.04 Å². The van der Waals surface area contributed by atoms with Crippen LogP contribution in [0.2, 0.25) is 0 Å². The fourth-order valence-electron chi connectivity index (χ4n) is 4.01. The number of para-hydroxylation sites is 1. The van der Waals surface area contributed by atoms with Crippen LogP contribution < -0.4 is 20.3 Å². The summed E-state index contributed by atoms with van der Waals surface area (Å²) in [6.45, 7) is 4.16. The summed E-state index contributed by atoms with van der Waals surface area (Å²) in [6, 6.07) is 14.3. The third kappa shape index (κ3) is 3.79. The zero-order chi connectivity index (χ0) is 22.8. The Morgan fingerprint density at radius 2 is 1.84 bits per heavy atom. The van der Waals surface area contributed by atoms with Crippen LogP contribution >= 0.6 is 0 Å². The highest BCUT2D eigenvalue weighted by Gasteiger charge is 2.22. The fourth-order valence-corrected chi connectivity index (χ4v) is 4.01. The third-order valence-corrected chi connectivity index (χ3v) is 5.60. The van der Waals surface area contributed by atoms with Crippen LogP contribution in [-0.2, 0) is 11.2 Å². The molecule has 2 aromatic heterocycles. The molecule has 1 amide bonds. The first-order valence-electron chi connectivity index (χ1n) is 10.4. The molecule has 2 heterocycles. The number of carbonyl (C=O) groups is 1. The Bertz CT molecular complexity index is 1360. The summed E-state index contributed by atoms with van der Waals surface area (Å²) in [7, 11) is 3.20. The lowest BCUT2D eigenvalue weighted by atomic mass is 10.1. The molecule has 1 N–H and O–H groups in total. The molecule has 0 radical (unpaired) electrons. The first-order chi connectivity index (χ1) is 15.4. The number of nitrogens with one attached hydrogen (secondary N) is 1. The van der Waals surface area contributed by atoms with E-state index in [0.29, 0.717) is 30.1 Å². The van der Waals surface area contributed by atoms with Gasteiger partial charge in [-0.2, -0.15) is 4.98 Å². The van der Waals surface area contributed by atoms with Gasteiger partial charge in [-0.15, -0.1) is 0 Å². The summed E-state index contributed by atoms with van der Waals surface area (Å²) < 4.78 is 14.3. The lowest BCUT2D eigenvalue weighted by Gasteiger charge is -2.18. The number of benzene rings is 2. The van der Waals surface area contributed by atoms with Crippen molar-refractivity contribution in [1.82, 2.24) is 19.5 Å². The molecule has 0 unspecified atom stereocenters. The van der Waals surface area contributed by atoms with Crippen molar-refractivity contribution in [3.05, 3.63) is 70.1 Å². The Kier molecular flexibility index (Phi) is 5.85. The molecule has 32 heavy (non-hydrogen) atoms. The quantitative estimate of drug-likeness (QED) is 0.483. The SMILES string of the molecule is COc1ccc(CCNC(=O)[C@H](C)n2c3ccccc3c3nc(=O)cc(C)n32)cc1OC. The van der Waals surface area contributed by atoms with Crippen molar-refractivity contribution in [3.63, 3.8) is 0 Å². The molecule has 0 aliphatic rings. The number of hydrogen-bond donors (Lipinski definition) is 1. The summed E-state index contributed by atoms with van der Waals surface area (Å²) in [6.07, 6.45) is 0.652. The summed E-state index contributed by atoms with van der Waals surface area (Å²) in [4.78, 5) is 29.2. The minimum absolute atomic E-state index is 0.119.